The van der Waals surface area contributed by atoms with Gasteiger partial charge in [0.2, 0.25) is 0 Å². The number of rotatable bonds is 11. The van der Waals surface area contributed by atoms with Gasteiger partial charge in [0.05, 0.1) is 26.9 Å². The molecule has 1 fully saturated rings. The number of aromatic amines is 1. The average molecular weight is 642 g/mol. The number of nitrogens with zero attached hydrogens (tertiary/aromatic N) is 1. The number of ether oxygens (including phenoxy) is 4. The van der Waals surface area contributed by atoms with E-state index in [4.69, 9.17) is 23.5 Å². The molecule has 232 valence electrons. The standard InChI is InChI=1S/C31H32FN2O8PS/c1-20-18-34(30(36)33-29(20)35)28-17-26(27(41-28)19-40-43(32,37)44)42-31(21-7-5-4-6-8-21,22-9-13-24(38-2)14-10-22)23-11-15-25(39-3)16-12-23/h4-16,18,26-28H,17,19H2,1-3H3,(H,37,44)(H,33,35,36)/p-1/t26-,27+,28+,43?/m0/s1. The monoisotopic (exact) mass is 641 g/mol. The van der Waals surface area contributed by atoms with Crippen molar-refractivity contribution >= 4 is 18.6 Å². The largest absolute Gasteiger partial charge is 0.776 e. The van der Waals surface area contributed by atoms with Crippen LogP contribution in [0.3, 0.4) is 0 Å². The van der Waals surface area contributed by atoms with Crippen LogP contribution in [0.1, 0.15) is 34.9 Å². The van der Waals surface area contributed by atoms with E-state index in [1.165, 1.54) is 10.8 Å². The molecule has 3 aromatic carbocycles. The molecular weight excluding hydrogens is 610 g/mol. The molecule has 0 bridgehead atoms. The van der Waals surface area contributed by atoms with Crippen molar-refractivity contribution in [3.05, 3.63) is 128 Å². The molecule has 1 aliphatic rings. The quantitative estimate of drug-likeness (QED) is 0.191. The molecule has 13 heteroatoms. The molecule has 1 saturated heterocycles. The van der Waals surface area contributed by atoms with Crippen LogP contribution >= 0.6 is 6.80 Å². The van der Waals surface area contributed by atoms with Crippen LogP contribution in [0.4, 0.5) is 4.20 Å². The molecule has 1 N–H and O–H groups in total. The van der Waals surface area contributed by atoms with E-state index in [2.05, 4.69) is 16.8 Å². The van der Waals surface area contributed by atoms with Gasteiger partial charge in [-0.1, -0.05) is 54.6 Å². The van der Waals surface area contributed by atoms with Crippen LogP contribution in [0.25, 0.3) is 0 Å². The highest BCUT2D eigenvalue weighted by Crippen LogP contribution is 2.46. The summed E-state index contributed by atoms with van der Waals surface area (Å²) in [4.78, 5) is 38.9. The number of halogens is 1. The minimum Gasteiger partial charge on any atom is -0.776 e. The maximum absolute atomic E-state index is 14.0. The van der Waals surface area contributed by atoms with Crippen LogP contribution in [0.15, 0.2) is 94.6 Å². The normalized spacial score (nSPS) is 19.8. The third-order valence-electron chi connectivity index (χ3n) is 7.53. The number of nitrogens with one attached hydrogen (secondary N) is 1. The molecule has 0 saturated carbocycles. The lowest BCUT2D eigenvalue weighted by atomic mass is 9.79. The number of aromatic nitrogens is 2. The summed E-state index contributed by atoms with van der Waals surface area (Å²) in [6.45, 7) is -3.75. The second-order valence-electron chi connectivity index (χ2n) is 10.2. The van der Waals surface area contributed by atoms with Crippen LogP contribution in [0.2, 0.25) is 0 Å². The molecule has 0 amide bonds. The van der Waals surface area contributed by atoms with E-state index in [9.17, 15) is 18.7 Å². The maximum Gasteiger partial charge on any atom is 0.330 e. The highest BCUT2D eigenvalue weighted by atomic mass is 32.5. The van der Waals surface area contributed by atoms with E-state index in [0.29, 0.717) is 17.1 Å². The van der Waals surface area contributed by atoms with Crippen molar-refractivity contribution in [2.45, 2.75) is 37.4 Å². The number of aryl methyl sites for hydroxylation is 1. The van der Waals surface area contributed by atoms with Gasteiger partial charge in [-0.05, 0) is 59.7 Å². The fraction of sp³-hybridized carbons (Fsp3) is 0.290. The Balaban J connectivity index is 1.67. The zero-order valence-corrected chi connectivity index (χ0v) is 25.9. The summed E-state index contributed by atoms with van der Waals surface area (Å²) in [5.41, 5.74) is 0.0199. The SMILES string of the molecule is COc1ccc(C(O[C@H]2C[C@H](n3cc(C)c(=O)[nH]c3=O)O[C@@H]2COP([O-])(F)=S)(c2ccccc2)c2ccc(OC)cc2)cc1. The number of hydrogen-bond donors (Lipinski definition) is 1. The molecule has 4 aromatic rings. The third-order valence-corrected chi connectivity index (χ3v) is 8.30. The van der Waals surface area contributed by atoms with Gasteiger partial charge in [-0.25, -0.2) is 8.99 Å². The molecule has 0 aliphatic carbocycles. The Morgan fingerprint density at radius 2 is 1.52 bits per heavy atom. The fourth-order valence-electron chi connectivity index (χ4n) is 5.36. The van der Waals surface area contributed by atoms with E-state index >= 15 is 0 Å². The van der Waals surface area contributed by atoms with Crippen molar-refractivity contribution in [2.75, 3.05) is 20.8 Å². The summed E-state index contributed by atoms with van der Waals surface area (Å²) in [5, 5.41) is 0. The summed E-state index contributed by atoms with van der Waals surface area (Å²) in [6.07, 6.45) is -1.32. The van der Waals surface area contributed by atoms with E-state index in [1.54, 1.807) is 21.1 Å². The molecule has 2 heterocycles. The Morgan fingerprint density at radius 3 is 2.05 bits per heavy atom. The van der Waals surface area contributed by atoms with Gasteiger partial charge in [0.25, 0.3) is 5.56 Å². The van der Waals surface area contributed by atoms with Crippen LogP contribution in [0.5, 0.6) is 11.5 Å². The van der Waals surface area contributed by atoms with Gasteiger partial charge in [0, 0.05) is 18.2 Å². The lowest BCUT2D eigenvalue weighted by Gasteiger charge is -2.39. The van der Waals surface area contributed by atoms with Crippen molar-refractivity contribution < 1.29 is 32.6 Å². The number of benzene rings is 3. The summed E-state index contributed by atoms with van der Waals surface area (Å²) >= 11 is 4.37. The molecule has 44 heavy (non-hydrogen) atoms. The van der Waals surface area contributed by atoms with Crippen molar-refractivity contribution in [2.24, 2.45) is 0 Å². The van der Waals surface area contributed by atoms with Gasteiger partial charge in [0.1, 0.15) is 29.4 Å². The van der Waals surface area contributed by atoms with Crippen LogP contribution in [-0.4, -0.2) is 42.6 Å². The average Bonchev–Trinajstić information content (AvgIpc) is 3.43. The molecule has 1 aromatic heterocycles. The highest BCUT2D eigenvalue weighted by Gasteiger charge is 2.46. The molecule has 1 unspecified atom stereocenters. The molecule has 0 spiro atoms. The Labute approximate surface area is 258 Å². The first-order chi connectivity index (χ1) is 21.0. The first-order valence-electron chi connectivity index (χ1n) is 13.7. The highest BCUT2D eigenvalue weighted by molar-refractivity contribution is 8.06. The molecular formula is C31H31FN2O8PS-. The lowest BCUT2D eigenvalue weighted by molar-refractivity contribution is -0.198. The van der Waals surface area contributed by atoms with Crippen LogP contribution in [-0.2, 0) is 31.4 Å². The first-order valence-corrected chi connectivity index (χ1v) is 16.2. The second kappa shape index (κ2) is 13.2. The zero-order valence-electron chi connectivity index (χ0n) is 24.2. The van der Waals surface area contributed by atoms with Gasteiger partial charge in [-0.3, -0.25) is 14.3 Å². The molecule has 1 aliphatic heterocycles. The van der Waals surface area contributed by atoms with Gasteiger partial charge in [0.15, 0.2) is 6.80 Å². The van der Waals surface area contributed by atoms with E-state index < -0.39 is 48.7 Å². The third kappa shape index (κ3) is 6.71. The Hall–Kier alpha value is -3.64. The predicted octanol–water partition coefficient (Wildman–Crippen LogP) is 4.10. The molecule has 0 radical (unpaired) electrons. The Kier molecular flexibility index (Phi) is 9.50. The zero-order chi connectivity index (χ0) is 31.5. The summed E-state index contributed by atoms with van der Waals surface area (Å²) in [6, 6.07) is 24.3. The van der Waals surface area contributed by atoms with E-state index in [-0.39, 0.29) is 6.42 Å². The molecule has 4 atom stereocenters. The second-order valence-corrected chi connectivity index (χ2v) is 12.7. The number of H-pyrrole nitrogens is 1. The van der Waals surface area contributed by atoms with Crippen LogP contribution < -0.4 is 25.6 Å². The summed E-state index contributed by atoms with van der Waals surface area (Å²) in [5.74, 6) is 1.27. The van der Waals surface area contributed by atoms with E-state index in [0.717, 1.165) is 16.7 Å². The topological polar surface area (TPSA) is 124 Å². The first kappa shape index (κ1) is 31.8. The molecule has 10 nitrogen and oxygen atoms in total. The smallest absolute Gasteiger partial charge is 0.330 e. The Morgan fingerprint density at radius 1 is 0.977 bits per heavy atom. The lowest BCUT2D eigenvalue weighted by Crippen LogP contribution is -2.41. The van der Waals surface area contributed by atoms with Gasteiger partial charge >= 0.3 is 5.69 Å². The van der Waals surface area contributed by atoms with Crippen molar-refractivity contribution in [3.63, 3.8) is 0 Å². The minimum absolute atomic E-state index is 0.0916. The minimum atomic E-state index is -4.80. The van der Waals surface area contributed by atoms with Crippen molar-refractivity contribution in [3.8, 4) is 11.5 Å². The van der Waals surface area contributed by atoms with Crippen molar-refractivity contribution in [1.82, 2.24) is 9.55 Å². The summed E-state index contributed by atoms with van der Waals surface area (Å²) in [7, 11) is 3.15. The summed E-state index contributed by atoms with van der Waals surface area (Å²) < 4.78 is 44.2. The fourth-order valence-corrected chi connectivity index (χ4v) is 5.87. The van der Waals surface area contributed by atoms with Gasteiger partial charge in [-0.2, -0.15) is 0 Å². The number of methoxy groups -OCH3 is 2. The predicted molar refractivity (Wildman–Crippen MR) is 163 cm³/mol. The van der Waals surface area contributed by atoms with Crippen molar-refractivity contribution in [1.29, 1.82) is 0 Å². The van der Waals surface area contributed by atoms with Crippen LogP contribution in [0, 0.1) is 6.92 Å². The van der Waals surface area contributed by atoms with Gasteiger partial charge < -0.3 is 28.4 Å². The number of hydrogen-bond acceptors (Lipinski definition) is 9. The Bertz CT molecular complexity index is 1690. The van der Waals surface area contributed by atoms with Gasteiger partial charge in [-0.15, -0.1) is 0 Å². The maximum atomic E-state index is 14.0. The van der Waals surface area contributed by atoms with E-state index in [1.807, 2.05) is 78.9 Å². The molecule has 5 rings (SSSR count).